The molecular formula is C11H13ClO3. The minimum Gasteiger partial charge on any atom is -0.479 e. The summed E-state index contributed by atoms with van der Waals surface area (Å²) in [6, 6.07) is 4.90. The van der Waals surface area contributed by atoms with E-state index in [9.17, 15) is 4.79 Å². The van der Waals surface area contributed by atoms with Crippen molar-refractivity contribution in [2.24, 2.45) is 0 Å². The van der Waals surface area contributed by atoms with E-state index in [0.717, 1.165) is 5.56 Å². The molecule has 0 bridgehead atoms. The van der Waals surface area contributed by atoms with Crippen molar-refractivity contribution in [3.05, 3.63) is 28.8 Å². The smallest absolute Gasteiger partial charge is 0.346 e. The SMILES string of the molecule is [2H]C([2H])([2H])OC(=O)C(C)Oc1ccc(Cl)cc1C. The van der Waals surface area contributed by atoms with Gasteiger partial charge in [-0.25, -0.2) is 4.79 Å². The van der Waals surface area contributed by atoms with Crippen LogP contribution in [0.1, 0.15) is 16.6 Å². The van der Waals surface area contributed by atoms with Crippen molar-refractivity contribution in [2.75, 3.05) is 7.04 Å². The van der Waals surface area contributed by atoms with Gasteiger partial charge in [-0.1, -0.05) is 11.6 Å². The molecule has 4 heteroatoms. The Bertz CT molecular complexity index is 446. The Kier molecular flexibility index (Phi) is 2.68. The average Bonchev–Trinajstić information content (AvgIpc) is 2.19. The first-order valence-corrected chi connectivity index (χ1v) is 4.72. The highest BCUT2D eigenvalue weighted by molar-refractivity contribution is 6.30. The zero-order valence-corrected chi connectivity index (χ0v) is 9.17. The summed E-state index contributed by atoms with van der Waals surface area (Å²) in [6.45, 7) is 3.19. The van der Waals surface area contributed by atoms with Crippen molar-refractivity contribution in [2.45, 2.75) is 20.0 Å². The zero-order chi connectivity index (χ0) is 13.9. The highest BCUT2D eigenvalue weighted by Crippen LogP contribution is 2.22. The number of hydrogen-bond donors (Lipinski definition) is 0. The van der Waals surface area contributed by atoms with E-state index in [1.165, 1.54) is 6.92 Å². The Morgan fingerprint density at radius 2 is 2.33 bits per heavy atom. The van der Waals surface area contributed by atoms with Gasteiger partial charge in [0.05, 0.1) is 11.2 Å². The molecule has 0 aliphatic heterocycles. The fourth-order valence-corrected chi connectivity index (χ4v) is 1.29. The largest absolute Gasteiger partial charge is 0.479 e. The summed E-state index contributed by atoms with van der Waals surface area (Å²) >= 11 is 5.78. The van der Waals surface area contributed by atoms with Crippen LogP contribution in [0.5, 0.6) is 5.75 Å². The van der Waals surface area contributed by atoms with Gasteiger partial charge in [-0.2, -0.15) is 0 Å². The third kappa shape index (κ3) is 3.13. The number of aryl methyl sites for hydroxylation is 1. The van der Waals surface area contributed by atoms with Gasteiger partial charge in [0.15, 0.2) is 6.10 Å². The topological polar surface area (TPSA) is 35.5 Å². The summed E-state index contributed by atoms with van der Waals surface area (Å²) in [6.07, 6.45) is -1.01. The summed E-state index contributed by atoms with van der Waals surface area (Å²) in [5.74, 6) is -0.487. The maximum Gasteiger partial charge on any atom is 0.346 e. The van der Waals surface area contributed by atoms with Crippen LogP contribution in [0, 0.1) is 6.92 Å². The first-order chi connectivity index (χ1) is 8.19. The van der Waals surface area contributed by atoms with Gasteiger partial charge < -0.3 is 9.47 Å². The van der Waals surface area contributed by atoms with Crippen molar-refractivity contribution < 1.29 is 18.4 Å². The van der Waals surface area contributed by atoms with Gasteiger partial charge in [0, 0.05) is 5.02 Å². The van der Waals surface area contributed by atoms with E-state index in [-0.39, 0.29) is 0 Å². The fraction of sp³-hybridized carbons (Fsp3) is 0.364. The molecular weight excluding hydrogens is 216 g/mol. The molecule has 0 N–H and O–H groups in total. The van der Waals surface area contributed by atoms with Gasteiger partial charge in [-0.05, 0) is 37.6 Å². The van der Waals surface area contributed by atoms with E-state index in [0.29, 0.717) is 10.8 Å². The summed E-state index contributed by atoms with van der Waals surface area (Å²) in [5, 5.41) is 0.553. The summed E-state index contributed by atoms with van der Waals surface area (Å²) in [4.78, 5) is 11.4. The number of methoxy groups -OCH3 is 1. The molecule has 3 nitrogen and oxygen atoms in total. The van der Waals surface area contributed by atoms with E-state index in [1.54, 1.807) is 25.1 Å². The number of halogens is 1. The van der Waals surface area contributed by atoms with Crippen LogP contribution in [-0.2, 0) is 9.53 Å². The highest BCUT2D eigenvalue weighted by atomic mass is 35.5. The molecule has 0 aliphatic carbocycles. The Labute approximate surface area is 98.2 Å². The third-order valence-corrected chi connectivity index (χ3v) is 2.11. The molecule has 1 aromatic carbocycles. The molecule has 1 aromatic rings. The van der Waals surface area contributed by atoms with Crippen LogP contribution in [0.2, 0.25) is 5.02 Å². The van der Waals surface area contributed by atoms with E-state index >= 15 is 0 Å². The number of esters is 1. The van der Waals surface area contributed by atoms with Crippen LogP contribution < -0.4 is 4.74 Å². The number of benzene rings is 1. The number of hydrogen-bond acceptors (Lipinski definition) is 3. The molecule has 0 heterocycles. The first kappa shape index (κ1) is 7.99. The molecule has 1 unspecified atom stereocenters. The minimum absolute atomic E-state index is 0.453. The predicted octanol–water partition coefficient (Wildman–Crippen LogP) is 2.59. The van der Waals surface area contributed by atoms with Crippen LogP contribution in [0.3, 0.4) is 0 Å². The lowest BCUT2D eigenvalue weighted by Crippen LogP contribution is -2.25. The average molecular weight is 232 g/mol. The van der Waals surface area contributed by atoms with Crippen LogP contribution in [0.4, 0.5) is 0 Å². The zero-order valence-electron chi connectivity index (χ0n) is 11.4. The van der Waals surface area contributed by atoms with Crippen LogP contribution >= 0.6 is 11.6 Å². The first-order valence-electron chi connectivity index (χ1n) is 5.85. The number of carbonyl (C=O) groups is 1. The van der Waals surface area contributed by atoms with Gasteiger partial charge in [0.25, 0.3) is 0 Å². The molecule has 0 aromatic heterocycles. The number of carbonyl (C=O) groups excluding carboxylic acids is 1. The molecule has 0 aliphatic rings. The van der Waals surface area contributed by atoms with Crippen molar-refractivity contribution in [3.8, 4) is 5.75 Å². The van der Waals surface area contributed by atoms with Gasteiger partial charge in [-0.15, -0.1) is 0 Å². The fourth-order valence-electron chi connectivity index (χ4n) is 1.07. The van der Waals surface area contributed by atoms with Crippen molar-refractivity contribution in [3.63, 3.8) is 0 Å². The Morgan fingerprint density at radius 1 is 1.60 bits per heavy atom. The Balaban J connectivity index is 2.69. The van der Waals surface area contributed by atoms with E-state index in [2.05, 4.69) is 4.74 Å². The second-order valence-corrected chi connectivity index (χ2v) is 3.53. The van der Waals surface area contributed by atoms with Crippen molar-refractivity contribution in [1.82, 2.24) is 0 Å². The van der Waals surface area contributed by atoms with Crippen LogP contribution in [0.15, 0.2) is 18.2 Å². The molecule has 0 spiro atoms. The molecule has 15 heavy (non-hydrogen) atoms. The maximum atomic E-state index is 11.4. The standard InChI is InChI=1S/C11H13ClO3/c1-7-6-9(12)4-5-10(7)15-8(2)11(13)14-3/h4-6,8H,1-3H3/i3D3. The maximum absolute atomic E-state index is 11.4. The molecule has 1 atom stereocenters. The van der Waals surface area contributed by atoms with E-state index < -0.39 is 19.1 Å². The summed E-state index contributed by atoms with van der Waals surface area (Å²) in [5.41, 5.74) is 0.746. The van der Waals surface area contributed by atoms with Gasteiger partial charge >= 0.3 is 5.97 Å². The lowest BCUT2D eigenvalue weighted by atomic mass is 10.2. The monoisotopic (exact) mass is 231 g/mol. The number of rotatable bonds is 3. The molecule has 0 fully saturated rings. The molecule has 0 radical (unpaired) electrons. The third-order valence-electron chi connectivity index (χ3n) is 1.87. The highest BCUT2D eigenvalue weighted by Gasteiger charge is 2.15. The lowest BCUT2D eigenvalue weighted by molar-refractivity contribution is -0.147. The molecule has 0 amide bonds. The van der Waals surface area contributed by atoms with Gasteiger partial charge in [0.2, 0.25) is 0 Å². The molecule has 82 valence electrons. The molecule has 0 saturated heterocycles. The quantitative estimate of drug-likeness (QED) is 0.751. The second kappa shape index (κ2) is 5.03. The van der Waals surface area contributed by atoms with Gasteiger partial charge in [0.1, 0.15) is 5.75 Å². The minimum atomic E-state index is -2.76. The van der Waals surface area contributed by atoms with Crippen LogP contribution in [-0.4, -0.2) is 19.1 Å². The molecule has 0 saturated carbocycles. The Morgan fingerprint density at radius 3 is 2.93 bits per heavy atom. The van der Waals surface area contributed by atoms with Crippen molar-refractivity contribution in [1.29, 1.82) is 0 Å². The normalized spacial score (nSPS) is 15.8. The Hall–Kier alpha value is -1.22. The van der Waals surface area contributed by atoms with E-state index in [1.807, 2.05) is 0 Å². The van der Waals surface area contributed by atoms with Crippen LogP contribution in [0.25, 0.3) is 0 Å². The van der Waals surface area contributed by atoms with Gasteiger partial charge in [-0.3, -0.25) is 0 Å². The summed E-state index contributed by atoms with van der Waals surface area (Å²) in [7, 11) is -2.76. The van der Waals surface area contributed by atoms with Crippen molar-refractivity contribution >= 4 is 17.6 Å². The molecule has 1 rings (SSSR count). The predicted molar refractivity (Wildman–Crippen MR) is 58.3 cm³/mol. The lowest BCUT2D eigenvalue weighted by Gasteiger charge is -2.14. The number of ether oxygens (including phenoxy) is 2. The second-order valence-electron chi connectivity index (χ2n) is 3.09. The van der Waals surface area contributed by atoms with E-state index in [4.69, 9.17) is 20.5 Å². The summed E-state index contributed by atoms with van der Waals surface area (Å²) < 4.78 is 30.0.